The van der Waals surface area contributed by atoms with Crippen LogP contribution in [0.3, 0.4) is 0 Å². The van der Waals surface area contributed by atoms with Gasteiger partial charge in [-0.2, -0.15) is 0 Å². The smallest absolute Gasteiger partial charge is 0.125 e. The topological polar surface area (TPSA) is 24.5 Å². The SMILES string of the molecule is CN(CCOC1CCNCC1)c1cccc(F)c1. The second kappa shape index (κ2) is 6.71. The monoisotopic (exact) mass is 252 g/mol. The van der Waals surface area contributed by atoms with Crippen molar-refractivity contribution in [2.24, 2.45) is 0 Å². The van der Waals surface area contributed by atoms with Crippen LogP contribution < -0.4 is 10.2 Å². The molecule has 0 unspecified atom stereocenters. The number of likely N-dealkylation sites (N-methyl/N-ethyl adjacent to an activating group) is 1. The maximum absolute atomic E-state index is 13.1. The van der Waals surface area contributed by atoms with E-state index in [1.54, 1.807) is 12.1 Å². The Morgan fingerprint density at radius 3 is 2.89 bits per heavy atom. The predicted octanol–water partition coefficient (Wildman–Crippen LogP) is 2.03. The molecular formula is C14H21FN2O. The molecule has 0 saturated carbocycles. The Labute approximate surface area is 108 Å². The lowest BCUT2D eigenvalue weighted by atomic mass is 10.1. The number of hydrogen-bond donors (Lipinski definition) is 1. The average Bonchev–Trinajstić information content (AvgIpc) is 2.40. The Morgan fingerprint density at radius 1 is 1.39 bits per heavy atom. The summed E-state index contributed by atoms with van der Waals surface area (Å²) in [7, 11) is 1.96. The molecular weight excluding hydrogens is 231 g/mol. The lowest BCUT2D eigenvalue weighted by Gasteiger charge is -2.25. The first-order chi connectivity index (χ1) is 8.75. The van der Waals surface area contributed by atoms with Crippen molar-refractivity contribution in [2.75, 3.05) is 38.2 Å². The van der Waals surface area contributed by atoms with Crippen LogP contribution in [0.2, 0.25) is 0 Å². The highest BCUT2D eigenvalue weighted by atomic mass is 19.1. The first-order valence-electron chi connectivity index (χ1n) is 6.55. The van der Waals surface area contributed by atoms with E-state index in [2.05, 4.69) is 5.32 Å². The summed E-state index contributed by atoms with van der Waals surface area (Å²) in [6.45, 7) is 3.57. The first kappa shape index (κ1) is 13.3. The average molecular weight is 252 g/mol. The number of hydrogen-bond acceptors (Lipinski definition) is 3. The highest BCUT2D eigenvalue weighted by Crippen LogP contribution is 2.14. The molecule has 3 nitrogen and oxygen atoms in total. The summed E-state index contributed by atoms with van der Waals surface area (Å²) in [6, 6.07) is 6.65. The maximum Gasteiger partial charge on any atom is 0.125 e. The third-order valence-corrected chi connectivity index (χ3v) is 3.32. The molecule has 1 saturated heterocycles. The van der Waals surface area contributed by atoms with Gasteiger partial charge >= 0.3 is 0 Å². The van der Waals surface area contributed by atoms with Crippen LogP contribution in [0.25, 0.3) is 0 Å². The molecule has 1 aliphatic heterocycles. The lowest BCUT2D eigenvalue weighted by molar-refractivity contribution is 0.0376. The molecule has 1 aromatic rings. The summed E-state index contributed by atoms with van der Waals surface area (Å²) < 4.78 is 18.9. The summed E-state index contributed by atoms with van der Waals surface area (Å²) in [4.78, 5) is 2.02. The van der Waals surface area contributed by atoms with Crippen molar-refractivity contribution < 1.29 is 9.13 Å². The molecule has 100 valence electrons. The van der Waals surface area contributed by atoms with Crippen LogP contribution in [0.4, 0.5) is 10.1 Å². The molecule has 18 heavy (non-hydrogen) atoms. The summed E-state index contributed by atoms with van der Waals surface area (Å²) in [5, 5.41) is 3.31. The third kappa shape index (κ3) is 3.96. The maximum atomic E-state index is 13.1. The molecule has 0 bridgehead atoms. The zero-order chi connectivity index (χ0) is 12.8. The number of benzene rings is 1. The van der Waals surface area contributed by atoms with Gasteiger partial charge in [0.15, 0.2) is 0 Å². The van der Waals surface area contributed by atoms with Gasteiger partial charge in [0.05, 0.1) is 12.7 Å². The summed E-state index contributed by atoms with van der Waals surface area (Å²) in [5.74, 6) is -0.196. The highest BCUT2D eigenvalue weighted by molar-refractivity contribution is 5.45. The van der Waals surface area contributed by atoms with Gasteiger partial charge < -0.3 is 15.0 Å². The standard InChI is InChI=1S/C14H21FN2O/c1-17(13-4-2-3-12(15)11-13)9-10-18-14-5-7-16-8-6-14/h2-4,11,14,16H,5-10H2,1H3. The molecule has 1 heterocycles. The van der Waals surface area contributed by atoms with Crippen molar-refractivity contribution >= 4 is 5.69 Å². The minimum Gasteiger partial charge on any atom is -0.376 e. The van der Waals surface area contributed by atoms with E-state index in [-0.39, 0.29) is 5.82 Å². The van der Waals surface area contributed by atoms with E-state index >= 15 is 0 Å². The molecule has 2 rings (SSSR count). The minimum atomic E-state index is -0.196. The first-order valence-corrected chi connectivity index (χ1v) is 6.55. The van der Waals surface area contributed by atoms with Gasteiger partial charge in [0, 0.05) is 19.3 Å². The Kier molecular flexibility index (Phi) is 4.96. The third-order valence-electron chi connectivity index (χ3n) is 3.32. The van der Waals surface area contributed by atoms with E-state index in [9.17, 15) is 4.39 Å². The van der Waals surface area contributed by atoms with E-state index in [0.29, 0.717) is 12.7 Å². The van der Waals surface area contributed by atoms with E-state index in [1.165, 1.54) is 6.07 Å². The number of nitrogens with one attached hydrogen (secondary N) is 1. The van der Waals surface area contributed by atoms with Crippen LogP contribution in [-0.2, 0) is 4.74 Å². The van der Waals surface area contributed by atoms with Crippen LogP contribution >= 0.6 is 0 Å². The minimum absolute atomic E-state index is 0.196. The Bertz CT molecular complexity index is 367. The predicted molar refractivity (Wildman–Crippen MR) is 71.5 cm³/mol. The van der Waals surface area contributed by atoms with E-state index < -0.39 is 0 Å². The second-order valence-electron chi connectivity index (χ2n) is 4.72. The van der Waals surface area contributed by atoms with E-state index in [4.69, 9.17) is 4.74 Å². The molecule has 0 aromatic heterocycles. The molecule has 0 aliphatic carbocycles. The number of piperidine rings is 1. The van der Waals surface area contributed by atoms with Crippen molar-refractivity contribution in [3.63, 3.8) is 0 Å². The van der Waals surface area contributed by atoms with Gasteiger partial charge in [0.1, 0.15) is 5.82 Å². The molecule has 1 aliphatic rings. The van der Waals surface area contributed by atoms with Crippen molar-refractivity contribution in [1.29, 1.82) is 0 Å². The number of rotatable bonds is 5. The van der Waals surface area contributed by atoms with Crippen molar-refractivity contribution in [1.82, 2.24) is 5.32 Å². The summed E-state index contributed by atoms with van der Waals surface area (Å²) in [5.41, 5.74) is 0.893. The van der Waals surface area contributed by atoms with Crippen LogP contribution in [-0.4, -0.2) is 39.4 Å². The normalized spacial score (nSPS) is 16.8. The highest BCUT2D eigenvalue weighted by Gasteiger charge is 2.13. The van der Waals surface area contributed by atoms with Crippen LogP contribution in [0.1, 0.15) is 12.8 Å². The summed E-state index contributed by atoms with van der Waals surface area (Å²) >= 11 is 0. The largest absolute Gasteiger partial charge is 0.376 e. The Morgan fingerprint density at radius 2 is 2.17 bits per heavy atom. The van der Waals surface area contributed by atoms with Gasteiger partial charge in [-0.05, 0) is 44.1 Å². The fourth-order valence-corrected chi connectivity index (χ4v) is 2.16. The van der Waals surface area contributed by atoms with Crippen molar-refractivity contribution in [2.45, 2.75) is 18.9 Å². The van der Waals surface area contributed by atoms with Gasteiger partial charge in [-0.3, -0.25) is 0 Å². The zero-order valence-electron chi connectivity index (χ0n) is 10.9. The molecule has 4 heteroatoms. The van der Waals surface area contributed by atoms with Gasteiger partial charge in [0.2, 0.25) is 0 Å². The fourth-order valence-electron chi connectivity index (χ4n) is 2.16. The Balaban J connectivity index is 1.72. The van der Waals surface area contributed by atoms with Crippen LogP contribution in [0, 0.1) is 5.82 Å². The van der Waals surface area contributed by atoms with Gasteiger partial charge in [-0.15, -0.1) is 0 Å². The number of ether oxygens (including phenoxy) is 1. The van der Waals surface area contributed by atoms with E-state index in [1.807, 2.05) is 18.0 Å². The van der Waals surface area contributed by atoms with E-state index in [0.717, 1.165) is 38.2 Å². The van der Waals surface area contributed by atoms with Crippen molar-refractivity contribution in [3.8, 4) is 0 Å². The van der Waals surface area contributed by atoms with Gasteiger partial charge in [-0.25, -0.2) is 4.39 Å². The molecule has 0 atom stereocenters. The van der Waals surface area contributed by atoms with Crippen LogP contribution in [0.15, 0.2) is 24.3 Å². The second-order valence-corrected chi connectivity index (χ2v) is 4.72. The van der Waals surface area contributed by atoms with Crippen molar-refractivity contribution in [3.05, 3.63) is 30.1 Å². The number of halogens is 1. The zero-order valence-corrected chi connectivity index (χ0v) is 10.9. The molecule has 1 N–H and O–H groups in total. The molecule has 1 fully saturated rings. The molecule has 0 amide bonds. The van der Waals surface area contributed by atoms with Crippen LogP contribution in [0.5, 0.6) is 0 Å². The number of anilines is 1. The fraction of sp³-hybridized carbons (Fsp3) is 0.571. The molecule has 1 aromatic carbocycles. The van der Waals surface area contributed by atoms with Gasteiger partial charge in [-0.1, -0.05) is 6.07 Å². The summed E-state index contributed by atoms with van der Waals surface area (Å²) in [6.07, 6.45) is 2.56. The quantitative estimate of drug-likeness (QED) is 0.868. The number of nitrogens with zero attached hydrogens (tertiary/aromatic N) is 1. The molecule has 0 spiro atoms. The lowest BCUT2D eigenvalue weighted by Crippen LogP contribution is -2.34. The van der Waals surface area contributed by atoms with Gasteiger partial charge in [0.25, 0.3) is 0 Å². The molecule has 0 radical (unpaired) electrons. The Hall–Kier alpha value is -1.13.